The lowest BCUT2D eigenvalue weighted by atomic mass is 9.79. The third-order valence-electron chi connectivity index (χ3n) is 11.5. The van der Waals surface area contributed by atoms with Gasteiger partial charge < -0.3 is 9.32 Å². The van der Waals surface area contributed by atoms with Crippen LogP contribution in [0.3, 0.4) is 0 Å². The minimum Gasteiger partial charge on any atom is -0.456 e. The summed E-state index contributed by atoms with van der Waals surface area (Å²) in [6.07, 6.45) is 0. The summed E-state index contributed by atoms with van der Waals surface area (Å²) in [5.41, 5.74) is 16.8. The molecule has 1 heterocycles. The van der Waals surface area contributed by atoms with Crippen molar-refractivity contribution < 1.29 is 4.42 Å². The molecule has 0 unspecified atom stereocenters. The lowest BCUT2D eigenvalue weighted by Gasteiger charge is -2.30. The smallest absolute Gasteiger partial charge is 0.139 e. The van der Waals surface area contributed by atoms with Gasteiger partial charge in [-0.1, -0.05) is 155 Å². The van der Waals surface area contributed by atoms with Gasteiger partial charge in [-0.15, -0.1) is 0 Å². The normalized spacial score (nSPS) is 14.1. The minimum absolute atomic E-state index is 0.0182. The molecular weight excluding hydrogens is 643 g/mol. The van der Waals surface area contributed by atoms with E-state index in [1.54, 1.807) is 0 Å². The molecule has 1 aliphatic carbocycles. The third-order valence-corrected chi connectivity index (χ3v) is 11.5. The number of para-hydroxylation sites is 1. The fourth-order valence-electron chi connectivity index (χ4n) is 8.32. The number of furan rings is 1. The number of hydrogen-bond donors (Lipinski definition) is 0. The van der Waals surface area contributed by atoms with Crippen molar-refractivity contribution >= 4 is 39.0 Å². The SMILES string of the molecule is CC(C)(C)c1ccc(-c2ccccc2N(c2ccc3c(c2)C(C)(C)c2ccccc2-3)c2ccc3c(c2)oc2c(C(C)(C)C)cc(C(C)(C)C)cc23)cc1. The molecule has 0 spiro atoms. The zero-order chi connectivity index (χ0) is 37.7. The van der Waals surface area contributed by atoms with Crippen molar-refractivity contribution in [2.24, 2.45) is 0 Å². The predicted molar refractivity (Wildman–Crippen MR) is 228 cm³/mol. The molecule has 0 aliphatic heterocycles. The Labute approximate surface area is 316 Å². The van der Waals surface area contributed by atoms with Gasteiger partial charge in [-0.3, -0.25) is 0 Å². The molecule has 8 rings (SSSR count). The van der Waals surface area contributed by atoms with Crippen LogP contribution in [-0.2, 0) is 21.7 Å². The van der Waals surface area contributed by atoms with Gasteiger partial charge in [0.2, 0.25) is 0 Å². The zero-order valence-corrected chi connectivity index (χ0v) is 33.4. The first kappa shape index (κ1) is 35.0. The summed E-state index contributed by atoms with van der Waals surface area (Å²) in [7, 11) is 0. The molecule has 2 heteroatoms. The van der Waals surface area contributed by atoms with Crippen LogP contribution in [0, 0.1) is 0 Å². The summed E-state index contributed by atoms with van der Waals surface area (Å²) < 4.78 is 6.92. The van der Waals surface area contributed by atoms with E-state index < -0.39 is 0 Å². The second-order valence-corrected chi connectivity index (χ2v) is 18.8. The van der Waals surface area contributed by atoms with Gasteiger partial charge in [-0.25, -0.2) is 0 Å². The van der Waals surface area contributed by atoms with Gasteiger partial charge in [0.15, 0.2) is 0 Å². The van der Waals surface area contributed by atoms with Crippen LogP contribution in [0.15, 0.2) is 126 Å². The number of fused-ring (bicyclic) bond motifs is 6. The van der Waals surface area contributed by atoms with Gasteiger partial charge in [-0.2, -0.15) is 0 Å². The maximum absolute atomic E-state index is 6.92. The summed E-state index contributed by atoms with van der Waals surface area (Å²) in [6.45, 7) is 25.3. The fraction of sp³-hybridized carbons (Fsp3) is 0.294. The molecule has 0 N–H and O–H groups in total. The summed E-state index contributed by atoms with van der Waals surface area (Å²) >= 11 is 0. The van der Waals surface area contributed by atoms with Crippen molar-refractivity contribution in [3.63, 3.8) is 0 Å². The van der Waals surface area contributed by atoms with E-state index >= 15 is 0 Å². The Morgan fingerprint density at radius 1 is 0.491 bits per heavy atom. The molecule has 0 atom stereocenters. The van der Waals surface area contributed by atoms with Gasteiger partial charge in [-0.05, 0) is 91.6 Å². The highest BCUT2D eigenvalue weighted by Crippen LogP contribution is 2.52. The average molecular weight is 696 g/mol. The maximum atomic E-state index is 6.92. The highest BCUT2D eigenvalue weighted by Gasteiger charge is 2.36. The fourth-order valence-corrected chi connectivity index (χ4v) is 8.32. The number of nitrogens with zero attached hydrogens (tertiary/aromatic N) is 1. The molecule has 1 aliphatic rings. The Balaban J connectivity index is 1.36. The van der Waals surface area contributed by atoms with Gasteiger partial charge in [0.25, 0.3) is 0 Å². The van der Waals surface area contributed by atoms with E-state index in [2.05, 4.69) is 202 Å². The van der Waals surface area contributed by atoms with Crippen molar-refractivity contribution in [2.75, 3.05) is 4.90 Å². The molecular formula is C51H53NO. The van der Waals surface area contributed by atoms with Gasteiger partial charge in [0.1, 0.15) is 11.2 Å². The molecule has 1 aromatic heterocycles. The highest BCUT2D eigenvalue weighted by molar-refractivity contribution is 6.08. The van der Waals surface area contributed by atoms with Crippen molar-refractivity contribution in [3.8, 4) is 22.3 Å². The van der Waals surface area contributed by atoms with E-state index in [4.69, 9.17) is 4.42 Å². The molecule has 268 valence electrons. The van der Waals surface area contributed by atoms with E-state index in [-0.39, 0.29) is 21.7 Å². The van der Waals surface area contributed by atoms with Crippen LogP contribution in [0.2, 0.25) is 0 Å². The predicted octanol–water partition coefficient (Wildman–Crippen LogP) is 14.9. The molecule has 0 fully saturated rings. The Hall–Kier alpha value is -5.08. The van der Waals surface area contributed by atoms with Crippen LogP contribution in [0.25, 0.3) is 44.2 Å². The standard InChI is InChI=1S/C51H53NO/c1-48(2,3)33-22-20-32(21-23-33)37-16-13-15-19-45(37)52(35-24-26-39-38-17-12-14-18-42(38)51(10,11)43(39)30-35)36-25-27-40-41-28-34(49(4,5)6)29-44(50(7,8)9)47(41)53-46(40)31-36/h12-31H,1-11H3. The molecule has 0 saturated carbocycles. The second-order valence-electron chi connectivity index (χ2n) is 18.8. The van der Waals surface area contributed by atoms with E-state index in [9.17, 15) is 0 Å². The van der Waals surface area contributed by atoms with Crippen LogP contribution in [0.5, 0.6) is 0 Å². The van der Waals surface area contributed by atoms with Crippen molar-refractivity contribution in [3.05, 3.63) is 149 Å². The molecule has 53 heavy (non-hydrogen) atoms. The number of rotatable bonds is 4. The summed E-state index contributed by atoms with van der Waals surface area (Å²) in [4.78, 5) is 2.43. The lowest BCUT2D eigenvalue weighted by molar-refractivity contribution is 0.559. The summed E-state index contributed by atoms with van der Waals surface area (Å²) in [5.74, 6) is 0. The van der Waals surface area contributed by atoms with Crippen LogP contribution >= 0.6 is 0 Å². The first-order chi connectivity index (χ1) is 24.9. The van der Waals surface area contributed by atoms with E-state index in [0.29, 0.717) is 0 Å². The minimum atomic E-state index is -0.118. The van der Waals surface area contributed by atoms with Crippen molar-refractivity contribution in [2.45, 2.75) is 97.8 Å². The van der Waals surface area contributed by atoms with E-state index in [1.807, 2.05) is 0 Å². The molecule has 0 saturated heterocycles. The first-order valence-electron chi connectivity index (χ1n) is 19.2. The average Bonchev–Trinajstić information content (AvgIpc) is 3.58. The quantitative estimate of drug-likeness (QED) is 0.182. The lowest BCUT2D eigenvalue weighted by Crippen LogP contribution is -2.17. The summed E-state index contributed by atoms with van der Waals surface area (Å²) in [5, 5.41) is 2.34. The molecule has 2 nitrogen and oxygen atoms in total. The third kappa shape index (κ3) is 5.88. The maximum Gasteiger partial charge on any atom is 0.139 e. The Morgan fingerprint density at radius 2 is 1.09 bits per heavy atom. The van der Waals surface area contributed by atoms with Crippen LogP contribution in [0.1, 0.15) is 104 Å². The number of benzene rings is 6. The zero-order valence-electron chi connectivity index (χ0n) is 33.4. The van der Waals surface area contributed by atoms with Crippen LogP contribution in [-0.4, -0.2) is 0 Å². The summed E-state index contributed by atoms with van der Waals surface area (Å²) in [6, 6.07) is 45.4. The first-order valence-corrected chi connectivity index (χ1v) is 19.2. The molecule has 7 aromatic rings. The highest BCUT2D eigenvalue weighted by atomic mass is 16.3. The van der Waals surface area contributed by atoms with Gasteiger partial charge >= 0.3 is 0 Å². The van der Waals surface area contributed by atoms with Crippen molar-refractivity contribution in [1.29, 1.82) is 0 Å². The Morgan fingerprint density at radius 3 is 1.77 bits per heavy atom. The van der Waals surface area contributed by atoms with E-state index in [1.165, 1.54) is 55.5 Å². The molecule has 0 radical (unpaired) electrons. The van der Waals surface area contributed by atoms with Gasteiger partial charge in [0.05, 0.1) is 5.69 Å². The second kappa shape index (κ2) is 12.0. The van der Waals surface area contributed by atoms with Crippen LogP contribution < -0.4 is 4.90 Å². The number of anilines is 3. The molecule has 6 aromatic carbocycles. The monoisotopic (exact) mass is 695 g/mol. The molecule has 0 amide bonds. The number of hydrogen-bond acceptors (Lipinski definition) is 2. The molecule has 0 bridgehead atoms. The largest absolute Gasteiger partial charge is 0.456 e. The van der Waals surface area contributed by atoms with Gasteiger partial charge in [0, 0.05) is 44.8 Å². The van der Waals surface area contributed by atoms with Crippen molar-refractivity contribution in [1.82, 2.24) is 0 Å². The van der Waals surface area contributed by atoms with Crippen LogP contribution in [0.4, 0.5) is 17.1 Å². The Kier molecular flexibility index (Phi) is 7.90. The topological polar surface area (TPSA) is 16.4 Å². The Bertz CT molecular complexity index is 2520. The van der Waals surface area contributed by atoms with E-state index in [0.717, 1.165) is 33.6 Å².